The number of ether oxygens (including phenoxy) is 1. The van der Waals surface area contributed by atoms with Crippen molar-refractivity contribution in [3.8, 4) is 5.75 Å². The zero-order valence-electron chi connectivity index (χ0n) is 19.7. The van der Waals surface area contributed by atoms with Crippen LogP contribution in [0.2, 0.25) is 0 Å². The Labute approximate surface area is 197 Å². The Balaban J connectivity index is 1.55. The molecule has 1 heterocycles. The first kappa shape index (κ1) is 23.3. The van der Waals surface area contributed by atoms with Crippen LogP contribution in [0.1, 0.15) is 43.4 Å². The summed E-state index contributed by atoms with van der Waals surface area (Å²) >= 11 is 0. The van der Waals surface area contributed by atoms with Crippen LogP contribution in [0.15, 0.2) is 84.9 Å². The lowest BCUT2D eigenvalue weighted by Gasteiger charge is -2.24. The van der Waals surface area contributed by atoms with Gasteiger partial charge in [-0.3, -0.25) is 9.29 Å². The maximum Gasteiger partial charge on any atom is 0.119 e. The van der Waals surface area contributed by atoms with Crippen LogP contribution in [0.25, 0.3) is 11.1 Å². The first-order valence-corrected chi connectivity index (χ1v) is 12.1. The smallest absolute Gasteiger partial charge is 0.119 e. The van der Waals surface area contributed by atoms with Crippen LogP contribution in [0.3, 0.4) is 0 Å². The summed E-state index contributed by atoms with van der Waals surface area (Å²) < 4.78 is 19.1. The van der Waals surface area contributed by atoms with E-state index in [1.165, 1.54) is 27.8 Å². The molecule has 0 radical (unpaired) electrons. The van der Waals surface area contributed by atoms with E-state index in [0.29, 0.717) is 6.61 Å². The van der Waals surface area contributed by atoms with E-state index in [9.17, 15) is 4.39 Å². The maximum atomic E-state index is 12.9. The molecule has 1 fully saturated rings. The third-order valence-electron chi connectivity index (χ3n) is 6.63. The predicted molar refractivity (Wildman–Crippen MR) is 136 cm³/mol. The number of allylic oxidation sites excluding steroid dienone is 1. The van der Waals surface area contributed by atoms with Gasteiger partial charge in [0, 0.05) is 18.5 Å². The minimum atomic E-state index is -0.217. The van der Waals surface area contributed by atoms with Crippen molar-refractivity contribution in [2.24, 2.45) is 5.92 Å². The molecular weight excluding hydrogens is 409 g/mol. The summed E-state index contributed by atoms with van der Waals surface area (Å²) in [5, 5.41) is 0. The van der Waals surface area contributed by atoms with Gasteiger partial charge in [-0.05, 0) is 66.3 Å². The Bertz CT molecular complexity index is 1030. The Morgan fingerprint density at radius 3 is 2.09 bits per heavy atom. The lowest BCUT2D eigenvalue weighted by molar-refractivity contribution is 0.166. The number of halogens is 1. The summed E-state index contributed by atoms with van der Waals surface area (Å²) in [6.07, 6.45) is 1.89. The molecule has 0 spiro atoms. The second-order valence-electron chi connectivity index (χ2n) is 8.93. The van der Waals surface area contributed by atoms with Gasteiger partial charge in [-0.2, -0.15) is 0 Å². The summed E-state index contributed by atoms with van der Waals surface area (Å²) in [6, 6.07) is 30.0. The summed E-state index contributed by atoms with van der Waals surface area (Å²) in [7, 11) is 0. The van der Waals surface area contributed by atoms with Gasteiger partial charge in [0.25, 0.3) is 0 Å². The Kier molecular flexibility index (Phi) is 7.96. The van der Waals surface area contributed by atoms with Crippen molar-refractivity contribution in [2.45, 2.75) is 32.7 Å². The number of benzene rings is 3. The molecule has 1 saturated heterocycles. The number of nitrogens with zero attached hydrogens (tertiary/aromatic N) is 1. The normalized spacial score (nSPS) is 18.1. The minimum Gasteiger partial charge on any atom is -0.492 e. The van der Waals surface area contributed by atoms with E-state index in [2.05, 4.69) is 104 Å². The number of rotatable bonds is 9. The molecule has 0 unspecified atom stereocenters. The maximum absolute atomic E-state index is 12.9. The van der Waals surface area contributed by atoms with Crippen LogP contribution in [-0.4, -0.2) is 37.3 Å². The first-order chi connectivity index (χ1) is 16.2. The molecule has 3 aromatic rings. The van der Waals surface area contributed by atoms with Crippen molar-refractivity contribution >= 4 is 11.1 Å². The van der Waals surface area contributed by atoms with Gasteiger partial charge in [-0.15, -0.1) is 0 Å². The summed E-state index contributed by atoms with van der Waals surface area (Å²) in [4.78, 5) is 2.34. The molecule has 0 aliphatic carbocycles. The van der Waals surface area contributed by atoms with Crippen molar-refractivity contribution in [3.63, 3.8) is 0 Å². The van der Waals surface area contributed by atoms with E-state index in [1.807, 2.05) is 0 Å². The van der Waals surface area contributed by atoms with Crippen LogP contribution in [0, 0.1) is 5.92 Å². The van der Waals surface area contributed by atoms with Crippen LogP contribution < -0.4 is 4.74 Å². The van der Waals surface area contributed by atoms with Crippen LogP contribution in [0.4, 0.5) is 4.39 Å². The van der Waals surface area contributed by atoms with Crippen molar-refractivity contribution in [2.75, 3.05) is 26.4 Å². The number of hydrogen-bond acceptors (Lipinski definition) is 2. The lowest BCUT2D eigenvalue weighted by atomic mass is 9.88. The summed E-state index contributed by atoms with van der Waals surface area (Å²) in [5.74, 6) is 1.06. The fraction of sp³-hybridized carbons (Fsp3) is 0.333. The fourth-order valence-corrected chi connectivity index (χ4v) is 4.71. The minimum absolute atomic E-state index is 0.187. The Hall–Kier alpha value is -2.91. The summed E-state index contributed by atoms with van der Waals surface area (Å²) in [6.45, 7) is 6.58. The van der Waals surface area contributed by atoms with Gasteiger partial charge in [0.05, 0.1) is 6.67 Å². The van der Waals surface area contributed by atoms with Crippen molar-refractivity contribution < 1.29 is 9.13 Å². The molecule has 172 valence electrons. The highest BCUT2D eigenvalue weighted by Gasteiger charge is 2.26. The average molecular weight is 444 g/mol. The van der Waals surface area contributed by atoms with Gasteiger partial charge in [-0.25, -0.2) is 0 Å². The molecule has 0 aromatic heterocycles. The highest BCUT2D eigenvalue weighted by molar-refractivity contribution is 5.98. The van der Waals surface area contributed by atoms with Gasteiger partial charge >= 0.3 is 0 Å². The molecule has 0 N–H and O–H groups in total. The van der Waals surface area contributed by atoms with E-state index < -0.39 is 0 Å². The molecular formula is C30H34FNO. The molecule has 0 amide bonds. The molecule has 1 aliphatic heterocycles. The van der Waals surface area contributed by atoms with Crippen molar-refractivity contribution in [1.29, 1.82) is 0 Å². The molecule has 1 aliphatic rings. The number of likely N-dealkylation sites (tertiary alicyclic amines) is 1. The van der Waals surface area contributed by atoms with Crippen LogP contribution in [-0.2, 0) is 0 Å². The van der Waals surface area contributed by atoms with Gasteiger partial charge in [-0.1, -0.05) is 79.7 Å². The fourth-order valence-electron chi connectivity index (χ4n) is 4.71. The molecule has 0 saturated carbocycles. The van der Waals surface area contributed by atoms with Crippen LogP contribution >= 0.6 is 0 Å². The quantitative estimate of drug-likeness (QED) is 0.327. The van der Waals surface area contributed by atoms with Crippen LogP contribution in [0.5, 0.6) is 5.75 Å². The lowest BCUT2D eigenvalue weighted by Crippen LogP contribution is -2.35. The van der Waals surface area contributed by atoms with Gasteiger partial charge in [0.15, 0.2) is 0 Å². The number of hydrogen-bond donors (Lipinski definition) is 0. The van der Waals surface area contributed by atoms with Gasteiger partial charge in [0.2, 0.25) is 0 Å². The van der Waals surface area contributed by atoms with Crippen molar-refractivity contribution in [1.82, 2.24) is 4.90 Å². The topological polar surface area (TPSA) is 12.5 Å². The second-order valence-corrected chi connectivity index (χ2v) is 8.93. The standard InChI is InChI=1S/C30H34FNO/c1-3-29(25-10-6-4-7-11-25)30(26-12-8-5-9-13-26)27-14-16-28(17-15-27)33-22-23(2)32-19-18-24(20-31)21-32/h4-17,23-24H,3,18-22H2,1-2H3/t23-,24-/m0/s1. The molecule has 4 rings (SSSR count). The highest BCUT2D eigenvalue weighted by atomic mass is 19.1. The predicted octanol–water partition coefficient (Wildman–Crippen LogP) is 7.11. The third kappa shape index (κ3) is 5.72. The van der Waals surface area contributed by atoms with E-state index in [-0.39, 0.29) is 18.6 Å². The van der Waals surface area contributed by atoms with Gasteiger partial charge < -0.3 is 4.74 Å². The van der Waals surface area contributed by atoms with E-state index >= 15 is 0 Å². The SMILES string of the molecule is CCC(=C(c1ccccc1)c1ccc(OC[C@H](C)N2CC[C@@H](CF)C2)cc1)c1ccccc1. The number of alkyl halides is 1. The highest BCUT2D eigenvalue weighted by Crippen LogP contribution is 2.35. The Morgan fingerprint density at radius 1 is 0.909 bits per heavy atom. The van der Waals surface area contributed by atoms with Crippen molar-refractivity contribution in [3.05, 3.63) is 102 Å². The molecule has 2 nitrogen and oxygen atoms in total. The zero-order valence-corrected chi connectivity index (χ0v) is 19.7. The molecule has 2 atom stereocenters. The summed E-state index contributed by atoms with van der Waals surface area (Å²) in [5.41, 5.74) is 6.26. The van der Waals surface area contributed by atoms with Gasteiger partial charge in [0.1, 0.15) is 12.4 Å². The Morgan fingerprint density at radius 2 is 1.52 bits per heavy atom. The average Bonchev–Trinajstić information content (AvgIpc) is 3.37. The third-order valence-corrected chi connectivity index (χ3v) is 6.63. The first-order valence-electron chi connectivity index (χ1n) is 12.1. The molecule has 0 bridgehead atoms. The van der Waals surface area contributed by atoms with E-state index in [4.69, 9.17) is 4.74 Å². The molecule has 3 heteroatoms. The van der Waals surface area contributed by atoms with E-state index in [1.54, 1.807) is 0 Å². The monoisotopic (exact) mass is 443 g/mol. The van der Waals surface area contributed by atoms with E-state index in [0.717, 1.165) is 31.7 Å². The second kappa shape index (κ2) is 11.3. The zero-order chi connectivity index (χ0) is 23.0. The largest absolute Gasteiger partial charge is 0.492 e. The molecule has 3 aromatic carbocycles. The molecule has 33 heavy (non-hydrogen) atoms.